The van der Waals surface area contributed by atoms with Crippen molar-refractivity contribution >= 4 is 11.8 Å². The Labute approximate surface area is 142 Å². The van der Waals surface area contributed by atoms with E-state index in [1.54, 1.807) is 11.0 Å². The summed E-state index contributed by atoms with van der Waals surface area (Å²) in [7, 11) is 0. The fourth-order valence-electron chi connectivity index (χ4n) is 3.22. The van der Waals surface area contributed by atoms with E-state index >= 15 is 0 Å². The molecular weight excluding hydrogens is 311 g/mol. The summed E-state index contributed by atoms with van der Waals surface area (Å²) in [4.78, 5) is 13.9. The second-order valence-electron chi connectivity index (χ2n) is 7.55. The summed E-state index contributed by atoms with van der Waals surface area (Å²) in [5.74, 6) is -0.0587. The highest BCUT2D eigenvalue weighted by Crippen LogP contribution is 2.39. The van der Waals surface area contributed by atoms with Gasteiger partial charge in [0.2, 0.25) is 0 Å². The molecule has 0 bridgehead atoms. The van der Waals surface area contributed by atoms with Crippen LogP contribution in [0.5, 0.6) is 5.75 Å². The summed E-state index contributed by atoms with van der Waals surface area (Å²) in [5, 5.41) is 3.23. The Balaban J connectivity index is 1.69. The summed E-state index contributed by atoms with van der Waals surface area (Å²) < 4.78 is 25.7. The van der Waals surface area contributed by atoms with Crippen LogP contribution in [0.15, 0.2) is 18.2 Å². The Morgan fingerprint density at radius 3 is 2.67 bits per heavy atom. The molecule has 1 fully saturated rings. The van der Waals surface area contributed by atoms with Crippen LogP contribution in [0.25, 0.3) is 0 Å². The van der Waals surface area contributed by atoms with E-state index in [2.05, 4.69) is 5.32 Å². The normalized spacial score (nSPS) is 19.8. The van der Waals surface area contributed by atoms with Gasteiger partial charge < -0.3 is 19.7 Å². The van der Waals surface area contributed by atoms with Crippen LogP contribution < -0.4 is 10.1 Å². The lowest BCUT2D eigenvalue weighted by Crippen LogP contribution is -2.51. The van der Waals surface area contributed by atoms with Crippen molar-refractivity contribution in [1.82, 2.24) is 4.90 Å². The van der Waals surface area contributed by atoms with E-state index in [0.717, 1.165) is 13.0 Å². The Morgan fingerprint density at radius 2 is 2.00 bits per heavy atom. The van der Waals surface area contributed by atoms with Gasteiger partial charge in [-0.2, -0.15) is 0 Å². The third-order valence-electron chi connectivity index (χ3n) is 4.51. The molecule has 1 aromatic carbocycles. The minimum atomic E-state index is -0.503. The SMILES string of the molecule is CC(C)(C)OC(=O)N1CCC2(CCNc3cccc(F)c3O2)CC1. The van der Waals surface area contributed by atoms with Crippen LogP contribution >= 0.6 is 0 Å². The smallest absolute Gasteiger partial charge is 0.410 e. The predicted octanol–water partition coefficient (Wildman–Crippen LogP) is 3.79. The van der Waals surface area contributed by atoms with Gasteiger partial charge in [-0.25, -0.2) is 9.18 Å². The van der Waals surface area contributed by atoms with Crippen molar-refractivity contribution in [3.63, 3.8) is 0 Å². The average molecular weight is 336 g/mol. The highest BCUT2D eigenvalue weighted by atomic mass is 19.1. The van der Waals surface area contributed by atoms with Gasteiger partial charge in [-0.15, -0.1) is 0 Å². The first-order valence-corrected chi connectivity index (χ1v) is 8.47. The molecule has 1 saturated heterocycles. The molecule has 5 nitrogen and oxygen atoms in total. The maximum atomic E-state index is 14.1. The van der Waals surface area contributed by atoms with Crippen molar-refractivity contribution in [2.45, 2.75) is 51.2 Å². The molecule has 0 aliphatic carbocycles. The van der Waals surface area contributed by atoms with Gasteiger partial charge in [0, 0.05) is 38.9 Å². The molecule has 24 heavy (non-hydrogen) atoms. The zero-order valence-electron chi connectivity index (χ0n) is 14.5. The Hall–Kier alpha value is -1.98. The van der Waals surface area contributed by atoms with E-state index in [0.29, 0.717) is 37.4 Å². The van der Waals surface area contributed by atoms with Crippen molar-refractivity contribution in [3.05, 3.63) is 24.0 Å². The van der Waals surface area contributed by atoms with Gasteiger partial charge in [-0.05, 0) is 32.9 Å². The molecule has 2 heterocycles. The van der Waals surface area contributed by atoms with Crippen LogP contribution in [0.2, 0.25) is 0 Å². The molecule has 0 atom stereocenters. The number of piperidine rings is 1. The van der Waals surface area contributed by atoms with Gasteiger partial charge >= 0.3 is 6.09 Å². The molecule has 0 aromatic heterocycles. The number of nitrogens with zero attached hydrogens (tertiary/aromatic N) is 1. The third kappa shape index (κ3) is 3.57. The summed E-state index contributed by atoms with van der Waals surface area (Å²) >= 11 is 0. The molecule has 2 aliphatic rings. The van der Waals surface area contributed by atoms with Crippen LogP contribution in [0.1, 0.15) is 40.0 Å². The molecule has 1 spiro atoms. The van der Waals surface area contributed by atoms with Crippen molar-refractivity contribution in [2.24, 2.45) is 0 Å². The first kappa shape index (κ1) is 16.9. The number of carbonyl (C=O) groups is 1. The van der Waals surface area contributed by atoms with E-state index in [9.17, 15) is 9.18 Å². The lowest BCUT2D eigenvalue weighted by molar-refractivity contribution is -0.0198. The Morgan fingerprint density at radius 1 is 1.29 bits per heavy atom. The number of amides is 1. The zero-order valence-corrected chi connectivity index (χ0v) is 14.5. The molecule has 1 aromatic rings. The highest BCUT2D eigenvalue weighted by Gasteiger charge is 2.40. The number of para-hydroxylation sites is 1. The van der Waals surface area contributed by atoms with Crippen molar-refractivity contribution < 1.29 is 18.7 Å². The molecule has 1 amide bonds. The number of ether oxygens (including phenoxy) is 2. The van der Waals surface area contributed by atoms with Gasteiger partial charge in [0.25, 0.3) is 0 Å². The number of halogens is 1. The van der Waals surface area contributed by atoms with Crippen LogP contribution in [0.3, 0.4) is 0 Å². The topological polar surface area (TPSA) is 50.8 Å². The quantitative estimate of drug-likeness (QED) is 0.783. The molecule has 1 N–H and O–H groups in total. The first-order chi connectivity index (χ1) is 11.3. The maximum absolute atomic E-state index is 14.1. The van der Waals surface area contributed by atoms with E-state index in [4.69, 9.17) is 9.47 Å². The minimum Gasteiger partial charge on any atom is -0.482 e. The van der Waals surface area contributed by atoms with Gasteiger partial charge in [0.05, 0.1) is 5.69 Å². The fraction of sp³-hybridized carbons (Fsp3) is 0.611. The third-order valence-corrected chi connectivity index (χ3v) is 4.51. The second-order valence-corrected chi connectivity index (χ2v) is 7.55. The molecule has 132 valence electrons. The summed E-state index contributed by atoms with van der Waals surface area (Å²) in [6.45, 7) is 7.41. The summed E-state index contributed by atoms with van der Waals surface area (Å²) in [6, 6.07) is 4.91. The van der Waals surface area contributed by atoms with Crippen molar-refractivity contribution in [3.8, 4) is 5.75 Å². The molecule has 2 aliphatic heterocycles. The highest BCUT2D eigenvalue weighted by molar-refractivity contribution is 5.68. The van der Waals surface area contributed by atoms with E-state index in [1.807, 2.05) is 26.8 Å². The number of nitrogens with one attached hydrogen (secondary N) is 1. The van der Waals surface area contributed by atoms with Gasteiger partial charge in [-0.3, -0.25) is 0 Å². The number of carbonyl (C=O) groups excluding carboxylic acids is 1. The predicted molar refractivity (Wildman–Crippen MR) is 89.9 cm³/mol. The standard InChI is InChI=1S/C18H25FN2O3/c1-17(2,3)24-16(22)21-11-8-18(9-12-21)7-10-20-14-6-4-5-13(19)15(14)23-18/h4-6,20H,7-12H2,1-3H3. The minimum absolute atomic E-state index is 0.292. The Bertz CT molecular complexity index is 619. The largest absolute Gasteiger partial charge is 0.482 e. The number of hydrogen-bond donors (Lipinski definition) is 1. The first-order valence-electron chi connectivity index (χ1n) is 8.47. The molecule has 0 unspecified atom stereocenters. The monoisotopic (exact) mass is 336 g/mol. The van der Waals surface area contributed by atoms with Gasteiger partial charge in [0.1, 0.15) is 11.2 Å². The van der Waals surface area contributed by atoms with E-state index in [-0.39, 0.29) is 11.9 Å². The molecular formula is C18H25FN2O3. The number of rotatable bonds is 0. The lowest BCUT2D eigenvalue weighted by Gasteiger charge is -2.41. The number of anilines is 1. The van der Waals surface area contributed by atoms with Crippen LogP contribution in [-0.4, -0.2) is 41.8 Å². The summed E-state index contributed by atoms with van der Waals surface area (Å²) in [6.07, 6.45) is 1.82. The number of likely N-dealkylation sites (tertiary alicyclic amines) is 1. The number of hydrogen-bond acceptors (Lipinski definition) is 4. The maximum Gasteiger partial charge on any atom is 0.410 e. The Kier molecular flexibility index (Phi) is 4.32. The second kappa shape index (κ2) is 6.15. The lowest BCUT2D eigenvalue weighted by atomic mass is 9.88. The van der Waals surface area contributed by atoms with Crippen LogP contribution in [-0.2, 0) is 4.74 Å². The number of fused-ring (bicyclic) bond motifs is 1. The van der Waals surface area contributed by atoms with Crippen molar-refractivity contribution in [1.29, 1.82) is 0 Å². The fourth-order valence-corrected chi connectivity index (χ4v) is 3.22. The van der Waals surface area contributed by atoms with E-state index < -0.39 is 11.2 Å². The molecule has 6 heteroatoms. The summed E-state index contributed by atoms with van der Waals surface area (Å²) in [5.41, 5.74) is -0.239. The molecule has 3 rings (SSSR count). The zero-order chi connectivity index (χ0) is 17.4. The molecule has 0 saturated carbocycles. The van der Waals surface area contributed by atoms with E-state index in [1.165, 1.54) is 6.07 Å². The van der Waals surface area contributed by atoms with Crippen LogP contribution in [0.4, 0.5) is 14.9 Å². The average Bonchev–Trinajstić information content (AvgIpc) is 2.67. The number of benzene rings is 1. The van der Waals surface area contributed by atoms with Gasteiger partial charge in [-0.1, -0.05) is 6.07 Å². The van der Waals surface area contributed by atoms with Gasteiger partial charge in [0.15, 0.2) is 11.6 Å². The molecule has 0 radical (unpaired) electrons. The van der Waals surface area contributed by atoms with Crippen molar-refractivity contribution in [2.75, 3.05) is 25.0 Å². The van der Waals surface area contributed by atoms with Crippen LogP contribution in [0, 0.1) is 5.82 Å².